The fourth-order valence-corrected chi connectivity index (χ4v) is 3.29. The number of halogens is 1. The monoisotopic (exact) mass is 351 g/mol. The maximum atomic E-state index is 13.2. The minimum atomic E-state index is -0.661. The first-order valence-corrected chi connectivity index (χ1v) is 8.71. The molecule has 1 aromatic carbocycles. The molecule has 1 aromatic rings. The molecule has 0 aromatic heterocycles. The Bertz CT molecular complexity index is 589. The maximum Gasteiger partial charge on any atom is 0.243 e. The minimum Gasteiger partial charge on any atom is -0.341 e. The molecule has 2 amide bonds. The summed E-state index contributed by atoms with van der Waals surface area (Å²) in [4.78, 5) is 25.2. The van der Waals surface area contributed by atoms with Crippen molar-refractivity contribution in [3.8, 4) is 0 Å². The van der Waals surface area contributed by atoms with E-state index in [1.807, 2.05) is 0 Å². The molecule has 2 rings (SSSR count). The highest BCUT2D eigenvalue weighted by Crippen LogP contribution is 2.23. The summed E-state index contributed by atoms with van der Waals surface area (Å²) >= 11 is 0. The number of nitrogens with one attached hydrogen (secondary N) is 1. The number of benzene rings is 1. The van der Waals surface area contributed by atoms with E-state index in [1.165, 1.54) is 12.1 Å². The molecule has 0 spiro atoms. The topological polar surface area (TPSA) is 95.7 Å². The summed E-state index contributed by atoms with van der Waals surface area (Å²) in [5, 5.41) is 8.46. The van der Waals surface area contributed by atoms with E-state index < -0.39 is 6.04 Å². The molecule has 4 N–H and O–H groups in total. The van der Waals surface area contributed by atoms with E-state index in [0.717, 1.165) is 31.2 Å². The lowest BCUT2D eigenvalue weighted by atomic mass is 9.91. The Balaban J connectivity index is 1.74. The summed E-state index contributed by atoms with van der Waals surface area (Å²) < 4.78 is 13.2. The molecule has 1 saturated heterocycles. The zero-order valence-corrected chi connectivity index (χ0v) is 14.3. The fourth-order valence-electron chi connectivity index (χ4n) is 3.29. The summed E-state index contributed by atoms with van der Waals surface area (Å²) in [5.74, 6) is -0.305. The zero-order valence-electron chi connectivity index (χ0n) is 14.3. The van der Waals surface area contributed by atoms with Gasteiger partial charge in [-0.25, -0.2) is 9.87 Å². The number of carbonyl (C=O) groups is 2. The molecule has 0 saturated carbocycles. The number of hydrogen-bond donors (Lipinski definition) is 3. The van der Waals surface area contributed by atoms with E-state index in [4.69, 9.17) is 10.9 Å². The first-order chi connectivity index (χ1) is 12.0. The molecular weight excluding hydrogens is 325 g/mol. The number of amides is 2. The first-order valence-electron chi connectivity index (χ1n) is 8.71. The number of nitrogens with two attached hydrogens (primary N) is 1. The molecule has 1 aliphatic heterocycles. The van der Waals surface area contributed by atoms with Gasteiger partial charge in [0.25, 0.3) is 0 Å². The normalized spacial score (nSPS) is 16.5. The van der Waals surface area contributed by atoms with Crippen LogP contribution in [0.5, 0.6) is 0 Å². The van der Waals surface area contributed by atoms with Crippen molar-refractivity contribution in [2.45, 2.75) is 44.6 Å². The Hall–Kier alpha value is -1.99. The number of hydrogen-bond acceptors (Lipinski definition) is 4. The van der Waals surface area contributed by atoms with Crippen LogP contribution in [-0.2, 0) is 16.0 Å². The van der Waals surface area contributed by atoms with Crippen LogP contribution in [0.4, 0.5) is 4.39 Å². The molecular formula is C18H26FN3O3. The summed E-state index contributed by atoms with van der Waals surface area (Å²) in [6.07, 6.45) is 4.05. The molecule has 25 heavy (non-hydrogen) atoms. The van der Waals surface area contributed by atoms with Crippen LogP contribution in [0.25, 0.3) is 0 Å². The van der Waals surface area contributed by atoms with Crippen molar-refractivity contribution in [3.05, 3.63) is 35.6 Å². The Kier molecular flexibility index (Phi) is 7.33. The van der Waals surface area contributed by atoms with E-state index in [2.05, 4.69) is 0 Å². The quantitative estimate of drug-likeness (QED) is 0.514. The number of hydroxylamine groups is 1. The third kappa shape index (κ3) is 6.10. The van der Waals surface area contributed by atoms with Crippen molar-refractivity contribution < 1.29 is 19.2 Å². The molecule has 1 atom stereocenters. The smallest absolute Gasteiger partial charge is 0.243 e. The predicted molar refractivity (Wildman–Crippen MR) is 91.2 cm³/mol. The van der Waals surface area contributed by atoms with Gasteiger partial charge in [-0.3, -0.25) is 14.8 Å². The lowest BCUT2D eigenvalue weighted by Gasteiger charge is -2.33. The van der Waals surface area contributed by atoms with E-state index in [9.17, 15) is 14.0 Å². The highest BCUT2D eigenvalue weighted by molar-refractivity contribution is 5.82. The highest BCUT2D eigenvalue weighted by Gasteiger charge is 2.26. The van der Waals surface area contributed by atoms with Crippen LogP contribution in [0, 0.1) is 11.7 Å². The van der Waals surface area contributed by atoms with Crippen LogP contribution in [0.2, 0.25) is 0 Å². The van der Waals surface area contributed by atoms with Gasteiger partial charge in [0.1, 0.15) is 5.82 Å². The van der Waals surface area contributed by atoms with E-state index >= 15 is 0 Å². The fraction of sp³-hybridized carbons (Fsp3) is 0.556. The van der Waals surface area contributed by atoms with Gasteiger partial charge in [-0.15, -0.1) is 0 Å². The van der Waals surface area contributed by atoms with Gasteiger partial charge in [0.05, 0.1) is 6.04 Å². The molecule has 1 fully saturated rings. The molecule has 0 bridgehead atoms. The summed E-state index contributed by atoms with van der Waals surface area (Å²) in [6.45, 7) is 1.32. The van der Waals surface area contributed by atoms with Crippen molar-refractivity contribution in [1.82, 2.24) is 10.4 Å². The van der Waals surface area contributed by atoms with Gasteiger partial charge in [-0.1, -0.05) is 12.1 Å². The maximum absolute atomic E-state index is 13.2. The van der Waals surface area contributed by atoms with Crippen LogP contribution in [0.1, 0.15) is 37.7 Å². The molecule has 6 nitrogen and oxygen atoms in total. The lowest BCUT2D eigenvalue weighted by molar-refractivity contribution is -0.134. The molecule has 0 aliphatic carbocycles. The second-order valence-corrected chi connectivity index (χ2v) is 6.64. The standard InChI is InChI=1S/C18H26FN3O3/c19-15-5-1-4-14(11-15)12-16(20)18(24)22-9-7-13(8-10-22)3-2-6-17(23)21-25/h1,4-5,11,13,16,25H,2-3,6-10,12,20H2,(H,21,23)/t16-/m1/s1. The second kappa shape index (κ2) is 9.48. The van der Waals surface area contributed by atoms with Crippen LogP contribution >= 0.6 is 0 Å². The highest BCUT2D eigenvalue weighted by atomic mass is 19.1. The van der Waals surface area contributed by atoms with Gasteiger partial charge in [-0.2, -0.15) is 0 Å². The molecule has 0 unspecified atom stereocenters. The predicted octanol–water partition coefficient (Wildman–Crippen LogP) is 1.61. The van der Waals surface area contributed by atoms with E-state index in [1.54, 1.807) is 22.5 Å². The Morgan fingerprint density at radius 2 is 2.08 bits per heavy atom. The molecule has 1 heterocycles. The average molecular weight is 351 g/mol. The summed E-state index contributed by atoms with van der Waals surface area (Å²) in [5.41, 5.74) is 8.36. The summed E-state index contributed by atoms with van der Waals surface area (Å²) in [7, 11) is 0. The van der Waals surface area contributed by atoms with Crippen LogP contribution in [0.3, 0.4) is 0 Å². The van der Waals surface area contributed by atoms with Crippen LogP contribution in [0.15, 0.2) is 24.3 Å². The van der Waals surface area contributed by atoms with Crippen molar-refractivity contribution >= 4 is 11.8 Å². The van der Waals surface area contributed by atoms with E-state index in [-0.39, 0.29) is 17.6 Å². The number of piperidine rings is 1. The third-order valence-corrected chi connectivity index (χ3v) is 4.73. The second-order valence-electron chi connectivity index (χ2n) is 6.64. The van der Waals surface area contributed by atoms with Gasteiger partial charge in [0.15, 0.2) is 0 Å². The van der Waals surface area contributed by atoms with Gasteiger partial charge < -0.3 is 10.6 Å². The third-order valence-electron chi connectivity index (χ3n) is 4.73. The Labute approximate surface area is 147 Å². The number of rotatable bonds is 7. The van der Waals surface area contributed by atoms with Crippen LogP contribution < -0.4 is 11.2 Å². The van der Waals surface area contributed by atoms with Gasteiger partial charge in [0.2, 0.25) is 11.8 Å². The number of nitrogens with zero attached hydrogens (tertiary/aromatic N) is 1. The van der Waals surface area contributed by atoms with Crippen LogP contribution in [-0.4, -0.2) is 41.1 Å². The Morgan fingerprint density at radius 1 is 1.36 bits per heavy atom. The zero-order chi connectivity index (χ0) is 18.2. The van der Waals surface area contributed by atoms with Crippen molar-refractivity contribution in [3.63, 3.8) is 0 Å². The Morgan fingerprint density at radius 3 is 2.72 bits per heavy atom. The molecule has 7 heteroatoms. The molecule has 1 aliphatic rings. The van der Waals surface area contributed by atoms with Gasteiger partial charge in [-0.05, 0) is 55.7 Å². The van der Waals surface area contributed by atoms with Gasteiger partial charge in [0, 0.05) is 19.5 Å². The largest absolute Gasteiger partial charge is 0.341 e. The molecule has 138 valence electrons. The van der Waals surface area contributed by atoms with Crippen molar-refractivity contribution in [1.29, 1.82) is 0 Å². The summed E-state index contributed by atoms with van der Waals surface area (Å²) in [6, 6.07) is 5.50. The number of likely N-dealkylation sites (tertiary alicyclic amines) is 1. The minimum absolute atomic E-state index is 0.0950. The SMILES string of the molecule is N[C@H](Cc1cccc(F)c1)C(=O)N1CCC(CCCC(=O)NO)CC1. The molecule has 0 radical (unpaired) electrons. The lowest BCUT2D eigenvalue weighted by Crippen LogP contribution is -2.48. The average Bonchev–Trinajstić information content (AvgIpc) is 2.61. The van der Waals surface area contributed by atoms with Crippen molar-refractivity contribution in [2.75, 3.05) is 13.1 Å². The van der Waals surface area contributed by atoms with Gasteiger partial charge >= 0.3 is 0 Å². The first kappa shape index (κ1) is 19.3. The van der Waals surface area contributed by atoms with E-state index in [0.29, 0.717) is 31.8 Å². The number of carbonyl (C=O) groups excluding carboxylic acids is 2. The van der Waals surface area contributed by atoms with Crippen molar-refractivity contribution in [2.24, 2.45) is 11.7 Å².